The van der Waals surface area contributed by atoms with E-state index in [1.807, 2.05) is 0 Å². The third-order valence-corrected chi connectivity index (χ3v) is 2.45. The lowest BCUT2D eigenvalue weighted by Crippen LogP contribution is -2.23. The molecule has 1 atom stereocenters. The fourth-order valence-electron chi connectivity index (χ4n) is 1.67. The van der Waals surface area contributed by atoms with Gasteiger partial charge in [0.05, 0.1) is 6.54 Å². The summed E-state index contributed by atoms with van der Waals surface area (Å²) in [6.07, 6.45) is -1.18. The Balaban J connectivity index is 2.11. The molecule has 1 unspecified atom stereocenters. The largest absolute Gasteiger partial charge is 0.433 e. The monoisotopic (exact) mass is 286 g/mol. The fraction of sp³-hybridized carbons (Fsp3) is 0.364. The molecule has 2 rings (SSSR count). The van der Waals surface area contributed by atoms with Crippen LogP contribution in [0.2, 0.25) is 0 Å². The van der Waals surface area contributed by atoms with Crippen molar-refractivity contribution in [1.82, 2.24) is 19.7 Å². The summed E-state index contributed by atoms with van der Waals surface area (Å²) in [5.74, 6) is -0.391. The normalized spacial score (nSPS) is 13.2. The van der Waals surface area contributed by atoms with E-state index in [1.165, 1.54) is 0 Å². The highest BCUT2D eigenvalue weighted by molar-refractivity contribution is 5.41. The van der Waals surface area contributed by atoms with Crippen molar-refractivity contribution in [1.29, 1.82) is 0 Å². The van der Waals surface area contributed by atoms with Crippen LogP contribution in [-0.4, -0.2) is 25.8 Å². The smallest absolute Gasteiger partial charge is 0.368 e. The Morgan fingerprint density at radius 1 is 1.40 bits per heavy atom. The lowest BCUT2D eigenvalue weighted by atomic mass is 10.3. The Hall–Kier alpha value is -2.32. The second-order valence-corrected chi connectivity index (χ2v) is 4.27. The minimum Gasteiger partial charge on any atom is -0.368 e. The Kier molecular flexibility index (Phi) is 3.77. The van der Waals surface area contributed by atoms with Gasteiger partial charge in [-0.2, -0.15) is 23.3 Å². The number of nitrogens with zero attached hydrogens (tertiary/aromatic N) is 4. The van der Waals surface area contributed by atoms with Gasteiger partial charge in [0.15, 0.2) is 5.69 Å². The van der Waals surface area contributed by atoms with Crippen LogP contribution >= 0.6 is 0 Å². The van der Waals surface area contributed by atoms with Crippen molar-refractivity contribution >= 4 is 11.8 Å². The van der Waals surface area contributed by atoms with Crippen molar-refractivity contribution in [2.45, 2.75) is 25.7 Å². The molecule has 9 heteroatoms. The van der Waals surface area contributed by atoms with E-state index in [9.17, 15) is 13.2 Å². The summed E-state index contributed by atoms with van der Waals surface area (Å²) in [6, 6.07) is 2.41. The van der Waals surface area contributed by atoms with Gasteiger partial charge in [0.1, 0.15) is 5.82 Å². The molecule has 20 heavy (non-hydrogen) atoms. The maximum atomic E-state index is 12.6. The van der Waals surface area contributed by atoms with E-state index < -0.39 is 17.8 Å². The molecule has 2 aromatic rings. The number of aromatic nitrogens is 4. The summed E-state index contributed by atoms with van der Waals surface area (Å²) in [6.45, 7) is 2.28. The Labute approximate surface area is 112 Å². The Morgan fingerprint density at radius 3 is 2.75 bits per heavy atom. The third kappa shape index (κ3) is 3.59. The van der Waals surface area contributed by atoms with E-state index in [0.29, 0.717) is 6.54 Å². The van der Waals surface area contributed by atoms with Gasteiger partial charge >= 0.3 is 6.18 Å². The number of hydrogen-bond donors (Lipinski definition) is 2. The van der Waals surface area contributed by atoms with Crippen LogP contribution in [0.15, 0.2) is 24.5 Å². The van der Waals surface area contributed by atoms with Crippen molar-refractivity contribution in [3.05, 3.63) is 30.2 Å². The summed E-state index contributed by atoms with van der Waals surface area (Å²) in [5, 5.41) is 6.85. The molecule has 0 aliphatic carbocycles. The summed E-state index contributed by atoms with van der Waals surface area (Å²) >= 11 is 0. The molecule has 0 aromatic carbocycles. The number of rotatable bonds is 4. The molecule has 0 amide bonds. The molecule has 0 saturated heterocycles. The zero-order chi connectivity index (χ0) is 14.8. The highest BCUT2D eigenvalue weighted by Crippen LogP contribution is 2.29. The predicted octanol–water partition coefficient (Wildman–Crippen LogP) is 1.77. The van der Waals surface area contributed by atoms with Gasteiger partial charge in [-0.15, -0.1) is 0 Å². The van der Waals surface area contributed by atoms with Crippen molar-refractivity contribution in [2.75, 3.05) is 11.1 Å². The van der Waals surface area contributed by atoms with Gasteiger partial charge in [-0.05, 0) is 13.0 Å². The Morgan fingerprint density at radius 2 is 2.15 bits per heavy atom. The van der Waals surface area contributed by atoms with Crippen LogP contribution in [0, 0.1) is 0 Å². The fourth-order valence-corrected chi connectivity index (χ4v) is 1.67. The average Bonchev–Trinajstić information content (AvgIpc) is 2.79. The average molecular weight is 286 g/mol. The van der Waals surface area contributed by atoms with E-state index >= 15 is 0 Å². The first kappa shape index (κ1) is 14.1. The van der Waals surface area contributed by atoms with Crippen LogP contribution in [-0.2, 0) is 12.7 Å². The molecule has 6 nitrogen and oxygen atoms in total. The van der Waals surface area contributed by atoms with Crippen LogP contribution < -0.4 is 11.1 Å². The second-order valence-electron chi connectivity index (χ2n) is 4.27. The number of nitrogen functional groups attached to an aromatic ring is 1. The second kappa shape index (κ2) is 5.35. The zero-order valence-electron chi connectivity index (χ0n) is 10.6. The molecule has 3 N–H and O–H groups in total. The van der Waals surface area contributed by atoms with Crippen LogP contribution in [0.5, 0.6) is 0 Å². The Bertz CT molecular complexity index is 566. The first-order valence-corrected chi connectivity index (χ1v) is 5.80. The number of halogens is 3. The summed E-state index contributed by atoms with van der Waals surface area (Å²) < 4.78 is 39.5. The van der Waals surface area contributed by atoms with Crippen molar-refractivity contribution < 1.29 is 13.2 Å². The highest BCUT2D eigenvalue weighted by Gasteiger charge is 2.33. The number of nitrogens with one attached hydrogen (secondary N) is 1. The first-order valence-electron chi connectivity index (χ1n) is 5.80. The number of hydrogen-bond acceptors (Lipinski definition) is 5. The van der Waals surface area contributed by atoms with Gasteiger partial charge in [0.25, 0.3) is 0 Å². The SMILES string of the molecule is CC(Cn1cccn1)Nc1cc(C(F)(F)F)nc(N)n1. The molecule has 0 aliphatic heterocycles. The molecule has 0 saturated carbocycles. The van der Waals surface area contributed by atoms with E-state index in [2.05, 4.69) is 20.4 Å². The maximum Gasteiger partial charge on any atom is 0.433 e. The minimum absolute atomic E-state index is 0.0319. The molecule has 0 spiro atoms. The predicted molar refractivity (Wildman–Crippen MR) is 66.8 cm³/mol. The van der Waals surface area contributed by atoms with Gasteiger partial charge in [-0.25, -0.2) is 4.98 Å². The van der Waals surface area contributed by atoms with E-state index in [1.54, 1.807) is 30.1 Å². The molecular formula is C11H13F3N6. The third-order valence-electron chi connectivity index (χ3n) is 2.45. The molecule has 2 aromatic heterocycles. The van der Waals surface area contributed by atoms with Crippen molar-refractivity contribution in [2.24, 2.45) is 0 Å². The van der Waals surface area contributed by atoms with Gasteiger partial charge in [-0.1, -0.05) is 0 Å². The summed E-state index contributed by atoms with van der Waals surface area (Å²) in [4.78, 5) is 6.91. The minimum atomic E-state index is -4.56. The molecule has 0 bridgehead atoms. The van der Waals surface area contributed by atoms with Crippen LogP contribution in [0.1, 0.15) is 12.6 Å². The van der Waals surface area contributed by atoms with Gasteiger partial charge in [0.2, 0.25) is 5.95 Å². The van der Waals surface area contributed by atoms with E-state index in [4.69, 9.17) is 5.73 Å². The van der Waals surface area contributed by atoms with Gasteiger partial charge in [-0.3, -0.25) is 4.68 Å². The van der Waals surface area contributed by atoms with Gasteiger partial charge < -0.3 is 11.1 Å². The van der Waals surface area contributed by atoms with E-state index in [0.717, 1.165) is 6.07 Å². The molecule has 0 fully saturated rings. The lowest BCUT2D eigenvalue weighted by Gasteiger charge is -2.16. The molecule has 108 valence electrons. The molecule has 0 aliphatic rings. The number of anilines is 2. The number of alkyl halides is 3. The highest BCUT2D eigenvalue weighted by atomic mass is 19.4. The molecular weight excluding hydrogens is 273 g/mol. The van der Waals surface area contributed by atoms with Crippen molar-refractivity contribution in [3.63, 3.8) is 0 Å². The maximum absolute atomic E-state index is 12.6. The quantitative estimate of drug-likeness (QED) is 0.895. The molecule has 2 heterocycles. The zero-order valence-corrected chi connectivity index (χ0v) is 10.6. The standard InChI is InChI=1S/C11H13F3N6/c1-7(6-20-4-2-3-16-20)17-9-5-8(11(12,13)14)18-10(15)19-9/h2-5,7H,6H2,1H3,(H3,15,17,18,19). The van der Waals surface area contributed by atoms with Crippen molar-refractivity contribution in [3.8, 4) is 0 Å². The topological polar surface area (TPSA) is 81.7 Å². The van der Waals surface area contributed by atoms with Crippen LogP contribution in [0.25, 0.3) is 0 Å². The van der Waals surface area contributed by atoms with Crippen LogP contribution in [0.3, 0.4) is 0 Å². The first-order chi connectivity index (χ1) is 9.34. The molecule has 0 radical (unpaired) electrons. The lowest BCUT2D eigenvalue weighted by molar-refractivity contribution is -0.141. The number of nitrogens with two attached hydrogens (primary N) is 1. The van der Waals surface area contributed by atoms with Gasteiger partial charge in [0, 0.05) is 24.5 Å². The van der Waals surface area contributed by atoms with Crippen LogP contribution in [0.4, 0.5) is 24.9 Å². The summed E-state index contributed by atoms with van der Waals surface area (Å²) in [5.41, 5.74) is 4.22. The van der Waals surface area contributed by atoms with E-state index in [-0.39, 0.29) is 11.9 Å². The summed E-state index contributed by atoms with van der Waals surface area (Å²) in [7, 11) is 0.